The topological polar surface area (TPSA) is 74.7 Å². The molecule has 1 aliphatic heterocycles. The summed E-state index contributed by atoms with van der Waals surface area (Å²) in [5.41, 5.74) is 1.15. The van der Waals surface area contributed by atoms with Crippen molar-refractivity contribution in [3.05, 3.63) is 70.8 Å². The summed E-state index contributed by atoms with van der Waals surface area (Å²) >= 11 is 0. The molecule has 2 aromatic rings. The van der Waals surface area contributed by atoms with E-state index in [0.29, 0.717) is 11.1 Å². The molecule has 0 radical (unpaired) electrons. The van der Waals surface area contributed by atoms with Crippen molar-refractivity contribution >= 4 is 15.7 Å². The van der Waals surface area contributed by atoms with Gasteiger partial charge in [-0.2, -0.15) is 0 Å². The molecule has 1 heterocycles. The zero-order valence-electron chi connectivity index (χ0n) is 14.6. The zero-order valence-corrected chi connectivity index (χ0v) is 15.4. The molecule has 0 unspecified atom stereocenters. The van der Waals surface area contributed by atoms with E-state index in [9.17, 15) is 27.1 Å². The number of hydrogen-bond donors (Lipinski definition) is 1. The summed E-state index contributed by atoms with van der Waals surface area (Å²) in [5.74, 6) is -2.60. The van der Waals surface area contributed by atoms with Crippen LogP contribution < -0.4 is 0 Å². The minimum atomic E-state index is -3.25. The van der Waals surface area contributed by atoms with Gasteiger partial charge in [0.05, 0.1) is 17.9 Å². The van der Waals surface area contributed by atoms with Crippen molar-refractivity contribution in [1.29, 1.82) is 0 Å². The van der Waals surface area contributed by atoms with Crippen molar-refractivity contribution in [3.63, 3.8) is 0 Å². The number of halogens is 2. The van der Waals surface area contributed by atoms with Gasteiger partial charge in [0.25, 0.3) is 5.91 Å². The van der Waals surface area contributed by atoms with Gasteiger partial charge in [0.15, 0.2) is 21.5 Å². The van der Waals surface area contributed by atoms with Gasteiger partial charge >= 0.3 is 0 Å². The van der Waals surface area contributed by atoms with Crippen LogP contribution in [0.3, 0.4) is 0 Å². The lowest BCUT2D eigenvalue weighted by Crippen LogP contribution is -2.32. The molecule has 3 rings (SSSR count). The number of hydrogen-bond acceptors (Lipinski definition) is 4. The van der Waals surface area contributed by atoms with E-state index in [1.54, 1.807) is 18.2 Å². The van der Waals surface area contributed by atoms with Crippen LogP contribution in [0.2, 0.25) is 0 Å². The van der Waals surface area contributed by atoms with Gasteiger partial charge in [-0.1, -0.05) is 18.2 Å². The number of aliphatic hydroxyl groups is 1. The summed E-state index contributed by atoms with van der Waals surface area (Å²) in [7, 11) is -3.25. The second kappa shape index (κ2) is 7.36. The third kappa shape index (κ3) is 4.51. The molecule has 2 aromatic carbocycles. The average molecular weight is 395 g/mol. The van der Waals surface area contributed by atoms with Crippen LogP contribution in [0, 0.1) is 11.6 Å². The summed E-state index contributed by atoms with van der Waals surface area (Å²) in [6.07, 6.45) is 0.531. The highest BCUT2D eigenvalue weighted by atomic mass is 32.2. The fraction of sp³-hybridized carbons (Fsp3) is 0.316. The van der Waals surface area contributed by atoms with E-state index in [1.807, 2.05) is 0 Å². The van der Waals surface area contributed by atoms with Crippen LogP contribution in [0.25, 0.3) is 0 Å². The lowest BCUT2D eigenvalue weighted by atomic mass is 10.0. The minimum absolute atomic E-state index is 0.0544. The number of nitrogens with zero attached hydrogens (tertiary/aromatic N) is 1. The van der Waals surface area contributed by atoms with Crippen LogP contribution in [-0.2, 0) is 15.6 Å². The van der Waals surface area contributed by atoms with Crippen LogP contribution in [0.15, 0.2) is 42.5 Å². The highest BCUT2D eigenvalue weighted by Crippen LogP contribution is 2.34. The molecular formula is C19H19F2NO4S. The maximum atomic E-state index is 13.6. The van der Waals surface area contributed by atoms with Crippen molar-refractivity contribution in [3.8, 4) is 0 Å². The smallest absolute Gasteiger partial charge is 0.254 e. The predicted molar refractivity (Wildman–Crippen MR) is 95.7 cm³/mol. The molecular weight excluding hydrogens is 376 g/mol. The Morgan fingerprint density at radius 1 is 1.19 bits per heavy atom. The lowest BCUT2D eigenvalue weighted by Gasteiger charge is -2.25. The second-order valence-corrected chi connectivity index (χ2v) is 8.95. The Morgan fingerprint density at radius 3 is 2.59 bits per heavy atom. The Bertz CT molecular complexity index is 977. The number of β-amino-alcohol motifs (C(OH)–C–C–N with tert-alkyl or cyclic N) is 1. The fourth-order valence-electron chi connectivity index (χ4n) is 3.34. The van der Waals surface area contributed by atoms with E-state index >= 15 is 0 Å². The number of carbonyl (C=O) groups excluding carboxylic acids is 1. The Labute approximate surface area is 156 Å². The summed E-state index contributed by atoms with van der Waals surface area (Å²) in [4.78, 5) is 14.3. The van der Waals surface area contributed by atoms with Crippen molar-refractivity contribution in [2.24, 2.45) is 0 Å². The van der Waals surface area contributed by atoms with Gasteiger partial charge in [-0.25, -0.2) is 17.2 Å². The van der Waals surface area contributed by atoms with Gasteiger partial charge in [0.2, 0.25) is 0 Å². The van der Waals surface area contributed by atoms with E-state index in [0.717, 1.165) is 18.4 Å². The van der Waals surface area contributed by atoms with E-state index < -0.39 is 39.5 Å². The summed E-state index contributed by atoms with van der Waals surface area (Å²) < 4.78 is 49.8. The number of rotatable bonds is 4. The number of aliphatic hydroxyl groups excluding tert-OH is 1. The number of sulfone groups is 1. The van der Waals surface area contributed by atoms with Gasteiger partial charge < -0.3 is 10.0 Å². The first-order chi connectivity index (χ1) is 12.6. The molecule has 27 heavy (non-hydrogen) atoms. The largest absolute Gasteiger partial charge is 0.391 e. The van der Waals surface area contributed by atoms with Crippen LogP contribution in [-0.4, -0.2) is 43.2 Å². The first-order valence-electron chi connectivity index (χ1n) is 8.34. The molecule has 1 fully saturated rings. The molecule has 0 aliphatic carbocycles. The maximum absolute atomic E-state index is 13.6. The Kier molecular flexibility index (Phi) is 5.30. The first kappa shape index (κ1) is 19.4. The standard InChI is InChI=1S/C19H19F2NO4S/c1-27(25,26)11-12-3-2-4-14(7-12)19(24)22-10-15(23)9-18(22)13-5-6-16(20)17(21)8-13/h2-8,15,18,23H,9-11H2,1H3/t15-,18-/m0/s1. The van der Waals surface area contributed by atoms with Crippen LogP contribution in [0.1, 0.15) is 33.9 Å². The van der Waals surface area contributed by atoms with Crippen LogP contribution in [0.4, 0.5) is 8.78 Å². The summed E-state index contributed by atoms with van der Waals surface area (Å²) in [6, 6.07) is 9.07. The summed E-state index contributed by atoms with van der Waals surface area (Å²) in [6.45, 7) is 0.0544. The average Bonchev–Trinajstić information content (AvgIpc) is 2.97. The number of likely N-dealkylation sites (tertiary alicyclic amines) is 1. The van der Waals surface area contributed by atoms with E-state index in [1.165, 1.54) is 17.0 Å². The monoisotopic (exact) mass is 395 g/mol. The predicted octanol–water partition coefficient (Wildman–Crippen LogP) is 2.46. The molecule has 0 spiro atoms. The highest BCUT2D eigenvalue weighted by molar-refractivity contribution is 7.89. The SMILES string of the molecule is CS(=O)(=O)Cc1cccc(C(=O)N2C[C@@H](O)C[C@H]2c2ccc(F)c(F)c2)c1. The molecule has 5 nitrogen and oxygen atoms in total. The molecule has 2 atom stereocenters. The van der Waals surface area contributed by atoms with Gasteiger partial charge in [-0.15, -0.1) is 0 Å². The van der Waals surface area contributed by atoms with Gasteiger partial charge in [-0.05, 0) is 41.8 Å². The van der Waals surface area contributed by atoms with Gasteiger partial charge in [-0.3, -0.25) is 4.79 Å². The minimum Gasteiger partial charge on any atom is -0.391 e. The molecule has 0 bridgehead atoms. The van der Waals surface area contributed by atoms with Gasteiger partial charge in [0.1, 0.15) is 0 Å². The second-order valence-electron chi connectivity index (χ2n) is 6.81. The molecule has 1 amide bonds. The number of carbonyl (C=O) groups is 1. The first-order valence-corrected chi connectivity index (χ1v) is 10.4. The highest BCUT2D eigenvalue weighted by Gasteiger charge is 2.36. The fourth-order valence-corrected chi connectivity index (χ4v) is 4.12. The van der Waals surface area contributed by atoms with Gasteiger partial charge in [0, 0.05) is 18.4 Å². The van der Waals surface area contributed by atoms with E-state index in [-0.39, 0.29) is 24.3 Å². The van der Waals surface area contributed by atoms with Crippen molar-refractivity contribution in [1.82, 2.24) is 4.90 Å². The molecule has 0 saturated carbocycles. The third-order valence-electron chi connectivity index (χ3n) is 4.47. The molecule has 1 N–H and O–H groups in total. The Morgan fingerprint density at radius 2 is 1.93 bits per heavy atom. The van der Waals surface area contributed by atoms with E-state index in [2.05, 4.69) is 0 Å². The summed E-state index contributed by atoms with van der Waals surface area (Å²) in [5, 5.41) is 10.0. The third-order valence-corrected chi connectivity index (χ3v) is 5.33. The Hall–Kier alpha value is -2.32. The molecule has 0 aromatic heterocycles. The Balaban J connectivity index is 1.90. The maximum Gasteiger partial charge on any atom is 0.254 e. The normalized spacial score (nSPS) is 20.1. The van der Waals surface area contributed by atoms with Crippen LogP contribution in [0.5, 0.6) is 0 Å². The quantitative estimate of drug-likeness (QED) is 0.863. The number of benzene rings is 2. The molecule has 1 aliphatic rings. The van der Waals surface area contributed by atoms with E-state index in [4.69, 9.17) is 0 Å². The van der Waals surface area contributed by atoms with Crippen molar-refractivity contribution in [2.45, 2.75) is 24.3 Å². The lowest BCUT2D eigenvalue weighted by molar-refractivity contribution is 0.0715. The molecule has 144 valence electrons. The molecule has 1 saturated heterocycles. The van der Waals surface area contributed by atoms with Crippen LogP contribution >= 0.6 is 0 Å². The number of amides is 1. The van der Waals surface area contributed by atoms with Crippen molar-refractivity contribution < 1.29 is 27.1 Å². The zero-order chi connectivity index (χ0) is 19.8. The molecule has 8 heteroatoms. The van der Waals surface area contributed by atoms with Crippen molar-refractivity contribution in [2.75, 3.05) is 12.8 Å².